The Balaban J connectivity index is 2.33. The topological polar surface area (TPSA) is 66.9 Å². The molecule has 1 aliphatic heterocycles. The molecular weight excluding hydrogens is 430 g/mol. The first kappa shape index (κ1) is 23.4. The third kappa shape index (κ3) is 5.20. The van der Waals surface area contributed by atoms with Gasteiger partial charge in [-0.2, -0.15) is 30.6 Å². The Bertz CT molecular complexity index is 829. The summed E-state index contributed by atoms with van der Waals surface area (Å²) >= 11 is 0. The Morgan fingerprint density at radius 2 is 1.41 bits per heavy atom. The van der Waals surface area contributed by atoms with E-state index < -0.39 is 50.4 Å². The van der Waals surface area contributed by atoms with Gasteiger partial charge in [-0.3, -0.25) is 9.69 Å². The number of carbonyl (C=O) groups excluding carboxylic acids is 1. The number of carbonyl (C=O) groups is 1. The molecule has 0 saturated carbocycles. The molecule has 0 radical (unpaired) electrons. The van der Waals surface area contributed by atoms with Crippen LogP contribution in [-0.2, 0) is 31.9 Å². The zero-order valence-corrected chi connectivity index (χ0v) is 16.2. The lowest BCUT2D eigenvalue weighted by Gasteiger charge is -2.36. The predicted molar refractivity (Wildman–Crippen MR) is 88.3 cm³/mol. The van der Waals surface area contributed by atoms with Gasteiger partial charge in [0.1, 0.15) is 6.04 Å². The first-order chi connectivity index (χ1) is 13.2. The Morgan fingerprint density at radius 1 is 0.966 bits per heavy atom. The molecule has 0 aliphatic carbocycles. The van der Waals surface area contributed by atoms with Crippen LogP contribution in [0.5, 0.6) is 0 Å². The molecule has 29 heavy (non-hydrogen) atoms. The number of nitrogens with zero attached hydrogens (tertiary/aromatic N) is 2. The number of piperazine rings is 1. The maximum Gasteiger partial charge on any atom is 0.416 e. The molecule has 1 saturated heterocycles. The van der Waals surface area contributed by atoms with Crippen LogP contribution in [0.25, 0.3) is 0 Å². The molecule has 0 spiro atoms. The third-order valence-corrected chi connectivity index (χ3v) is 6.44. The molecule has 164 valence electrons. The van der Waals surface area contributed by atoms with E-state index in [0.717, 1.165) is 4.31 Å². The van der Waals surface area contributed by atoms with Gasteiger partial charge in [-0.15, -0.1) is 0 Å². The van der Waals surface area contributed by atoms with Gasteiger partial charge in [0, 0.05) is 26.2 Å². The van der Waals surface area contributed by atoms with Crippen molar-refractivity contribution in [3.8, 4) is 0 Å². The van der Waals surface area contributed by atoms with E-state index in [4.69, 9.17) is 0 Å². The van der Waals surface area contributed by atoms with E-state index in [0.29, 0.717) is 0 Å². The van der Waals surface area contributed by atoms with Gasteiger partial charge in [-0.05, 0) is 25.1 Å². The fourth-order valence-corrected chi connectivity index (χ4v) is 4.37. The second-order valence-corrected chi connectivity index (χ2v) is 8.32. The SMILES string of the molecule is COC(=O)C(C)N1CCN(S(=O)(=O)c2cc(C(F)(F)F)cc(C(F)(F)F)c2)CC1. The highest BCUT2D eigenvalue weighted by Gasteiger charge is 2.40. The van der Waals surface area contributed by atoms with Crippen LogP contribution in [0.15, 0.2) is 23.1 Å². The largest absolute Gasteiger partial charge is 0.468 e. The molecular formula is C16H18F6N2O4S. The van der Waals surface area contributed by atoms with Crippen molar-refractivity contribution in [1.82, 2.24) is 9.21 Å². The van der Waals surface area contributed by atoms with Crippen molar-refractivity contribution in [2.75, 3.05) is 33.3 Å². The van der Waals surface area contributed by atoms with Gasteiger partial charge in [0.25, 0.3) is 0 Å². The molecule has 13 heteroatoms. The number of rotatable bonds is 4. The van der Waals surface area contributed by atoms with Crippen LogP contribution in [0.3, 0.4) is 0 Å². The second-order valence-electron chi connectivity index (χ2n) is 6.38. The van der Waals surface area contributed by atoms with E-state index in [1.54, 1.807) is 11.8 Å². The summed E-state index contributed by atoms with van der Waals surface area (Å²) in [5.74, 6) is -0.547. The molecule has 2 rings (SSSR count). The average molecular weight is 448 g/mol. The number of benzene rings is 1. The molecule has 0 amide bonds. The lowest BCUT2D eigenvalue weighted by Crippen LogP contribution is -2.53. The molecule has 1 unspecified atom stereocenters. The first-order valence-electron chi connectivity index (χ1n) is 8.29. The zero-order chi connectivity index (χ0) is 22.2. The molecule has 1 aliphatic rings. The summed E-state index contributed by atoms with van der Waals surface area (Å²) in [5.41, 5.74) is -3.41. The summed E-state index contributed by atoms with van der Waals surface area (Å²) in [4.78, 5) is 12.1. The fourth-order valence-electron chi connectivity index (χ4n) is 2.88. The van der Waals surface area contributed by atoms with E-state index >= 15 is 0 Å². The van der Waals surface area contributed by atoms with E-state index in [1.807, 2.05) is 0 Å². The Kier molecular flexibility index (Phi) is 6.55. The summed E-state index contributed by atoms with van der Waals surface area (Å²) in [7, 11) is -3.43. The molecule has 0 N–H and O–H groups in total. The van der Waals surface area contributed by atoms with Crippen molar-refractivity contribution in [2.24, 2.45) is 0 Å². The number of methoxy groups -OCH3 is 1. The monoisotopic (exact) mass is 448 g/mol. The Labute approximate surface area is 163 Å². The quantitative estimate of drug-likeness (QED) is 0.524. The van der Waals surface area contributed by atoms with Gasteiger partial charge in [-0.25, -0.2) is 8.42 Å². The van der Waals surface area contributed by atoms with Gasteiger partial charge in [-0.1, -0.05) is 0 Å². The summed E-state index contributed by atoms with van der Waals surface area (Å²) < 4.78 is 109. The number of halogens is 6. The number of esters is 1. The molecule has 1 heterocycles. The van der Waals surface area contributed by atoms with Crippen molar-refractivity contribution in [3.05, 3.63) is 29.3 Å². The lowest BCUT2D eigenvalue weighted by molar-refractivity contribution is -0.147. The van der Waals surface area contributed by atoms with Gasteiger partial charge < -0.3 is 4.74 Å². The predicted octanol–water partition coefficient (Wildman–Crippen LogP) is 2.59. The number of sulfonamides is 1. The number of alkyl halides is 6. The minimum Gasteiger partial charge on any atom is -0.468 e. The fraction of sp³-hybridized carbons (Fsp3) is 0.562. The molecule has 1 aromatic rings. The Morgan fingerprint density at radius 3 is 1.79 bits per heavy atom. The van der Waals surface area contributed by atoms with Crippen molar-refractivity contribution >= 4 is 16.0 Å². The van der Waals surface area contributed by atoms with Crippen LogP contribution in [-0.4, -0.2) is 62.9 Å². The van der Waals surface area contributed by atoms with E-state index in [-0.39, 0.29) is 44.4 Å². The van der Waals surface area contributed by atoms with Gasteiger partial charge in [0.05, 0.1) is 23.1 Å². The average Bonchev–Trinajstić information content (AvgIpc) is 2.65. The van der Waals surface area contributed by atoms with E-state index in [2.05, 4.69) is 4.74 Å². The number of hydrogen-bond acceptors (Lipinski definition) is 5. The summed E-state index contributed by atoms with van der Waals surface area (Å²) in [6, 6.07) is -0.424. The van der Waals surface area contributed by atoms with Crippen LogP contribution in [0.2, 0.25) is 0 Å². The molecule has 6 nitrogen and oxygen atoms in total. The number of ether oxygens (including phenoxy) is 1. The second kappa shape index (κ2) is 8.11. The van der Waals surface area contributed by atoms with Crippen LogP contribution in [0.4, 0.5) is 26.3 Å². The zero-order valence-electron chi connectivity index (χ0n) is 15.3. The van der Waals surface area contributed by atoms with Crippen LogP contribution < -0.4 is 0 Å². The molecule has 0 aromatic heterocycles. The number of hydrogen-bond donors (Lipinski definition) is 0. The maximum absolute atomic E-state index is 13.0. The van der Waals surface area contributed by atoms with Crippen molar-refractivity contribution < 1.29 is 44.3 Å². The minimum absolute atomic E-state index is 0.0561. The smallest absolute Gasteiger partial charge is 0.416 e. The molecule has 1 aromatic carbocycles. The molecule has 0 bridgehead atoms. The lowest BCUT2D eigenvalue weighted by atomic mass is 10.1. The first-order valence-corrected chi connectivity index (χ1v) is 9.73. The third-order valence-electron chi connectivity index (χ3n) is 4.56. The van der Waals surface area contributed by atoms with Crippen molar-refractivity contribution in [3.63, 3.8) is 0 Å². The van der Waals surface area contributed by atoms with E-state index in [1.165, 1.54) is 7.11 Å². The van der Waals surface area contributed by atoms with Crippen LogP contribution in [0.1, 0.15) is 18.1 Å². The highest BCUT2D eigenvalue weighted by atomic mass is 32.2. The highest BCUT2D eigenvalue weighted by Crippen LogP contribution is 2.37. The minimum atomic E-state index is -5.15. The maximum atomic E-state index is 13.0. The molecule has 1 fully saturated rings. The normalized spacial score (nSPS) is 18.5. The summed E-state index contributed by atoms with van der Waals surface area (Å²) in [6.07, 6.45) is -10.3. The summed E-state index contributed by atoms with van der Waals surface area (Å²) in [5, 5.41) is 0. The summed E-state index contributed by atoms with van der Waals surface area (Å²) in [6.45, 7) is 1.24. The standard InChI is InChI=1S/C16H18F6N2O4S/c1-10(14(25)28-2)23-3-5-24(6-4-23)29(26,27)13-8-11(15(17,18)19)7-12(9-13)16(20,21)22/h7-10H,3-6H2,1-2H3. The van der Waals surface area contributed by atoms with Gasteiger partial charge >= 0.3 is 18.3 Å². The van der Waals surface area contributed by atoms with Gasteiger partial charge in [0.15, 0.2) is 0 Å². The van der Waals surface area contributed by atoms with Gasteiger partial charge in [0.2, 0.25) is 10.0 Å². The molecule has 1 atom stereocenters. The van der Waals surface area contributed by atoms with E-state index in [9.17, 15) is 39.6 Å². The van der Waals surface area contributed by atoms with Crippen molar-refractivity contribution in [1.29, 1.82) is 0 Å². The van der Waals surface area contributed by atoms with Crippen molar-refractivity contribution in [2.45, 2.75) is 30.2 Å². The highest BCUT2D eigenvalue weighted by molar-refractivity contribution is 7.89. The Hall–Kier alpha value is -1.86. The van der Waals surface area contributed by atoms with Crippen LogP contribution >= 0.6 is 0 Å². The van der Waals surface area contributed by atoms with Crippen LogP contribution in [0, 0.1) is 0 Å².